The van der Waals surface area contributed by atoms with Crippen LogP contribution in [0.4, 0.5) is 5.69 Å². The summed E-state index contributed by atoms with van der Waals surface area (Å²) >= 11 is 0. The molecule has 0 spiro atoms. The molecule has 1 aromatic heterocycles. The summed E-state index contributed by atoms with van der Waals surface area (Å²) in [4.78, 5) is 12.1. The second-order valence-electron chi connectivity index (χ2n) is 5.38. The lowest BCUT2D eigenvalue weighted by molar-refractivity contribution is -0.116. The van der Waals surface area contributed by atoms with Crippen molar-refractivity contribution in [1.29, 1.82) is 0 Å². The predicted molar refractivity (Wildman–Crippen MR) is 85.5 cm³/mol. The monoisotopic (exact) mass is 285 g/mol. The molecule has 4 nitrogen and oxygen atoms in total. The van der Waals surface area contributed by atoms with E-state index in [-0.39, 0.29) is 5.91 Å². The van der Waals surface area contributed by atoms with Gasteiger partial charge in [-0.05, 0) is 49.9 Å². The standard InChI is InChI=1S/C17H23N3O/c1-5-14-7-6-8-15(11-14)18-17(21)10-9-16-12(2)19-20(4)13(16)3/h6-8,11H,5,9-10H2,1-4H3,(H,18,21). The third kappa shape index (κ3) is 3.72. The van der Waals surface area contributed by atoms with E-state index in [0.717, 1.165) is 29.9 Å². The number of aryl methyl sites for hydroxylation is 3. The maximum atomic E-state index is 12.1. The Labute approximate surface area is 126 Å². The maximum absolute atomic E-state index is 12.1. The summed E-state index contributed by atoms with van der Waals surface area (Å²) < 4.78 is 1.87. The van der Waals surface area contributed by atoms with Gasteiger partial charge in [0.25, 0.3) is 0 Å². The number of carbonyl (C=O) groups is 1. The second-order valence-corrected chi connectivity index (χ2v) is 5.38. The van der Waals surface area contributed by atoms with Crippen LogP contribution in [0.2, 0.25) is 0 Å². The number of hydrogen-bond acceptors (Lipinski definition) is 2. The maximum Gasteiger partial charge on any atom is 0.224 e. The first kappa shape index (κ1) is 15.3. The smallest absolute Gasteiger partial charge is 0.224 e. The van der Waals surface area contributed by atoms with E-state index in [1.807, 2.05) is 43.8 Å². The van der Waals surface area contributed by atoms with E-state index in [9.17, 15) is 4.79 Å². The molecule has 0 fully saturated rings. The Bertz CT molecular complexity index is 643. The lowest BCUT2D eigenvalue weighted by atomic mass is 10.1. The Balaban J connectivity index is 1.96. The molecule has 0 radical (unpaired) electrons. The predicted octanol–water partition coefficient (Wildman–Crippen LogP) is 3.17. The zero-order chi connectivity index (χ0) is 15.4. The van der Waals surface area contributed by atoms with Crippen LogP contribution in [0, 0.1) is 13.8 Å². The van der Waals surface area contributed by atoms with Crippen LogP contribution in [-0.4, -0.2) is 15.7 Å². The van der Waals surface area contributed by atoms with Crippen molar-refractivity contribution < 1.29 is 4.79 Å². The highest BCUT2D eigenvalue weighted by atomic mass is 16.1. The van der Waals surface area contributed by atoms with Gasteiger partial charge in [-0.25, -0.2) is 0 Å². The second kappa shape index (κ2) is 6.57. The molecule has 21 heavy (non-hydrogen) atoms. The molecule has 0 atom stereocenters. The van der Waals surface area contributed by atoms with E-state index in [1.165, 1.54) is 11.1 Å². The first-order valence-electron chi connectivity index (χ1n) is 7.39. The van der Waals surface area contributed by atoms with Gasteiger partial charge >= 0.3 is 0 Å². The number of nitrogens with one attached hydrogen (secondary N) is 1. The van der Waals surface area contributed by atoms with Crippen LogP contribution in [0.1, 0.15) is 35.9 Å². The highest BCUT2D eigenvalue weighted by Crippen LogP contribution is 2.15. The number of benzene rings is 1. The van der Waals surface area contributed by atoms with Gasteiger partial charge in [0.15, 0.2) is 0 Å². The molecular weight excluding hydrogens is 262 g/mol. The van der Waals surface area contributed by atoms with E-state index in [4.69, 9.17) is 0 Å². The molecule has 2 rings (SSSR count). The molecule has 1 heterocycles. The molecule has 0 aliphatic rings. The minimum Gasteiger partial charge on any atom is -0.326 e. The fourth-order valence-corrected chi connectivity index (χ4v) is 2.51. The van der Waals surface area contributed by atoms with Gasteiger partial charge in [-0.2, -0.15) is 5.10 Å². The number of carbonyl (C=O) groups excluding carboxylic acids is 1. The van der Waals surface area contributed by atoms with Crippen molar-refractivity contribution in [3.05, 3.63) is 46.8 Å². The summed E-state index contributed by atoms with van der Waals surface area (Å²) in [5, 5.41) is 7.35. The summed E-state index contributed by atoms with van der Waals surface area (Å²) in [6.07, 6.45) is 2.17. The molecule has 1 amide bonds. The summed E-state index contributed by atoms with van der Waals surface area (Å²) in [6.45, 7) is 6.14. The molecule has 112 valence electrons. The third-order valence-electron chi connectivity index (χ3n) is 3.88. The van der Waals surface area contributed by atoms with Crippen LogP contribution in [-0.2, 0) is 24.7 Å². The minimum atomic E-state index is 0.0471. The molecule has 0 saturated heterocycles. The molecular formula is C17H23N3O. The zero-order valence-electron chi connectivity index (χ0n) is 13.2. The fourth-order valence-electron chi connectivity index (χ4n) is 2.51. The van der Waals surface area contributed by atoms with Crippen LogP contribution in [0.25, 0.3) is 0 Å². The van der Waals surface area contributed by atoms with Gasteiger partial charge in [-0.1, -0.05) is 19.1 Å². The quantitative estimate of drug-likeness (QED) is 0.917. The first-order chi connectivity index (χ1) is 10.0. The Hall–Kier alpha value is -2.10. The molecule has 0 aliphatic heterocycles. The molecule has 0 unspecified atom stereocenters. The zero-order valence-corrected chi connectivity index (χ0v) is 13.2. The lowest BCUT2D eigenvalue weighted by Gasteiger charge is -2.07. The number of nitrogens with zero attached hydrogens (tertiary/aromatic N) is 2. The van der Waals surface area contributed by atoms with Crippen molar-refractivity contribution in [3.63, 3.8) is 0 Å². The Morgan fingerprint density at radius 2 is 2.10 bits per heavy atom. The summed E-state index contributed by atoms with van der Waals surface area (Å²) in [6, 6.07) is 8.00. The molecule has 0 saturated carbocycles. The number of aromatic nitrogens is 2. The topological polar surface area (TPSA) is 46.9 Å². The van der Waals surface area contributed by atoms with Gasteiger partial charge in [0, 0.05) is 24.8 Å². The first-order valence-corrected chi connectivity index (χ1v) is 7.39. The van der Waals surface area contributed by atoms with E-state index in [1.54, 1.807) is 0 Å². The van der Waals surface area contributed by atoms with Crippen LogP contribution < -0.4 is 5.32 Å². The van der Waals surface area contributed by atoms with Crippen LogP contribution >= 0.6 is 0 Å². The van der Waals surface area contributed by atoms with Gasteiger partial charge in [0.2, 0.25) is 5.91 Å². The molecule has 1 N–H and O–H groups in total. The molecule has 1 aromatic carbocycles. The minimum absolute atomic E-state index is 0.0471. The average Bonchev–Trinajstić information content (AvgIpc) is 2.70. The third-order valence-corrected chi connectivity index (χ3v) is 3.88. The number of rotatable bonds is 5. The number of hydrogen-bond donors (Lipinski definition) is 1. The fraction of sp³-hybridized carbons (Fsp3) is 0.412. The largest absolute Gasteiger partial charge is 0.326 e. The summed E-state index contributed by atoms with van der Waals surface area (Å²) in [5.41, 5.74) is 5.42. The average molecular weight is 285 g/mol. The normalized spacial score (nSPS) is 10.7. The lowest BCUT2D eigenvalue weighted by Crippen LogP contribution is -2.12. The van der Waals surface area contributed by atoms with Crippen molar-refractivity contribution >= 4 is 11.6 Å². The van der Waals surface area contributed by atoms with Crippen LogP contribution in [0.5, 0.6) is 0 Å². The van der Waals surface area contributed by atoms with Crippen molar-refractivity contribution in [2.24, 2.45) is 7.05 Å². The van der Waals surface area contributed by atoms with Crippen LogP contribution in [0.3, 0.4) is 0 Å². The van der Waals surface area contributed by atoms with Gasteiger partial charge < -0.3 is 5.32 Å². The van der Waals surface area contributed by atoms with E-state index >= 15 is 0 Å². The Kier molecular flexibility index (Phi) is 4.78. The van der Waals surface area contributed by atoms with Crippen molar-refractivity contribution in [1.82, 2.24) is 9.78 Å². The number of amides is 1. The summed E-state index contributed by atoms with van der Waals surface area (Å²) in [5.74, 6) is 0.0471. The van der Waals surface area contributed by atoms with Gasteiger partial charge in [-0.15, -0.1) is 0 Å². The molecule has 0 bridgehead atoms. The van der Waals surface area contributed by atoms with Crippen molar-refractivity contribution in [2.45, 2.75) is 40.0 Å². The van der Waals surface area contributed by atoms with Crippen molar-refractivity contribution in [3.8, 4) is 0 Å². The number of anilines is 1. The Morgan fingerprint density at radius 1 is 1.33 bits per heavy atom. The van der Waals surface area contributed by atoms with E-state index < -0.39 is 0 Å². The van der Waals surface area contributed by atoms with E-state index in [2.05, 4.69) is 23.4 Å². The van der Waals surface area contributed by atoms with Gasteiger partial charge in [0.05, 0.1) is 5.69 Å². The molecule has 0 aliphatic carbocycles. The highest BCUT2D eigenvalue weighted by Gasteiger charge is 2.11. The van der Waals surface area contributed by atoms with Crippen LogP contribution in [0.15, 0.2) is 24.3 Å². The van der Waals surface area contributed by atoms with Gasteiger partial charge in [0.1, 0.15) is 0 Å². The molecule has 2 aromatic rings. The Morgan fingerprint density at radius 3 is 2.71 bits per heavy atom. The highest BCUT2D eigenvalue weighted by molar-refractivity contribution is 5.90. The van der Waals surface area contributed by atoms with E-state index in [0.29, 0.717) is 6.42 Å². The van der Waals surface area contributed by atoms with Gasteiger partial charge in [-0.3, -0.25) is 9.48 Å². The SMILES string of the molecule is CCc1cccc(NC(=O)CCc2c(C)nn(C)c2C)c1. The molecule has 4 heteroatoms. The summed E-state index contributed by atoms with van der Waals surface area (Å²) in [7, 11) is 1.93. The van der Waals surface area contributed by atoms with Crippen molar-refractivity contribution in [2.75, 3.05) is 5.32 Å².